The zero-order valence-corrected chi connectivity index (χ0v) is 14.7. The molecule has 0 radical (unpaired) electrons. The number of hydrogen-bond acceptors (Lipinski definition) is 2. The fourth-order valence-corrected chi connectivity index (χ4v) is 1.83. The Bertz CT molecular complexity index is 419. The van der Waals surface area contributed by atoms with Crippen LogP contribution in [-0.4, -0.2) is 12.0 Å². The number of Topliss-reactive ketones (excluding diaryl/α,β-unsaturated/α-hetero) is 1. The molecule has 0 aliphatic rings. The highest BCUT2D eigenvalue weighted by Gasteiger charge is 2.06. The average molecular weight is 340 g/mol. The molecule has 0 saturated carbocycles. The molecule has 0 spiro atoms. The van der Waals surface area contributed by atoms with Crippen LogP contribution in [0.3, 0.4) is 0 Å². The minimum atomic E-state index is -0.0445. The predicted octanol–water partition coefficient (Wildman–Crippen LogP) is 5.60. The van der Waals surface area contributed by atoms with E-state index in [2.05, 4.69) is 48.3 Å². The highest BCUT2D eigenvalue weighted by molar-refractivity contribution is 9.11. The lowest BCUT2D eigenvalue weighted by molar-refractivity contribution is -0.113. The van der Waals surface area contributed by atoms with Crippen LogP contribution in [0.5, 0.6) is 0 Å². The zero-order chi connectivity index (χ0) is 15.5. The highest BCUT2D eigenvalue weighted by atomic mass is 79.9. The summed E-state index contributed by atoms with van der Waals surface area (Å²) in [4.78, 5) is 15.9. The van der Waals surface area contributed by atoms with Gasteiger partial charge in [0.05, 0.1) is 5.70 Å². The van der Waals surface area contributed by atoms with E-state index in [1.165, 1.54) is 6.92 Å². The lowest BCUT2D eigenvalue weighted by Crippen LogP contribution is -1.98. The molecule has 0 rings (SSSR count). The molecule has 0 aromatic carbocycles. The van der Waals surface area contributed by atoms with Gasteiger partial charge >= 0.3 is 0 Å². The maximum absolute atomic E-state index is 11.5. The van der Waals surface area contributed by atoms with E-state index in [0.29, 0.717) is 17.2 Å². The predicted molar refractivity (Wildman–Crippen MR) is 92.4 cm³/mol. The number of allylic oxidation sites excluding steroid dienone is 4. The summed E-state index contributed by atoms with van der Waals surface area (Å²) in [5.74, 6) is 0.416. The van der Waals surface area contributed by atoms with Crippen molar-refractivity contribution in [3.8, 4) is 0 Å². The monoisotopic (exact) mass is 339 g/mol. The second-order valence-corrected chi connectivity index (χ2v) is 5.82. The van der Waals surface area contributed by atoms with E-state index in [4.69, 9.17) is 0 Å². The second-order valence-electron chi connectivity index (χ2n) is 4.90. The van der Waals surface area contributed by atoms with Crippen molar-refractivity contribution in [1.82, 2.24) is 0 Å². The van der Waals surface area contributed by atoms with Crippen LogP contribution >= 0.6 is 15.9 Å². The molecule has 1 unspecified atom stereocenters. The van der Waals surface area contributed by atoms with Gasteiger partial charge in [-0.25, -0.2) is 0 Å². The lowest BCUT2D eigenvalue weighted by Gasteiger charge is -2.06. The van der Waals surface area contributed by atoms with Crippen LogP contribution in [0.4, 0.5) is 0 Å². The Morgan fingerprint density at radius 1 is 1.35 bits per heavy atom. The molecule has 112 valence electrons. The average Bonchev–Trinajstić information content (AvgIpc) is 2.44. The lowest BCUT2D eigenvalue weighted by atomic mass is 10.1. The third-order valence-corrected chi connectivity index (χ3v) is 4.18. The number of carbonyl (C=O) groups is 1. The van der Waals surface area contributed by atoms with E-state index >= 15 is 0 Å². The molecule has 1 atom stereocenters. The van der Waals surface area contributed by atoms with Gasteiger partial charge in [0.1, 0.15) is 0 Å². The van der Waals surface area contributed by atoms with Gasteiger partial charge in [-0.15, -0.1) is 0 Å². The van der Waals surface area contributed by atoms with E-state index < -0.39 is 0 Å². The Morgan fingerprint density at radius 3 is 2.50 bits per heavy atom. The Balaban J connectivity index is 5.07. The largest absolute Gasteiger partial charge is 0.294 e. The molecule has 0 heterocycles. The summed E-state index contributed by atoms with van der Waals surface area (Å²) >= 11 is 3.56. The first-order valence-electron chi connectivity index (χ1n) is 7.24. The molecular weight excluding hydrogens is 314 g/mol. The van der Waals surface area contributed by atoms with Crippen LogP contribution < -0.4 is 0 Å². The smallest absolute Gasteiger partial charge is 0.161 e. The van der Waals surface area contributed by atoms with Gasteiger partial charge in [-0.2, -0.15) is 0 Å². The highest BCUT2D eigenvalue weighted by Crippen LogP contribution is 2.21. The molecule has 0 saturated heterocycles. The van der Waals surface area contributed by atoms with Crippen molar-refractivity contribution in [2.24, 2.45) is 10.9 Å². The summed E-state index contributed by atoms with van der Waals surface area (Å²) < 4.78 is 1.11. The fraction of sp³-hybridized carbons (Fsp3) is 0.529. The standard InChI is InChI=1S/C17H26BrNO/c1-6-8-9-12-19-17(14(4)15(5)20)11-10-16(18)13(3)7-2/h10-13H,4,6-9H2,1-3,5H3/b16-10+,17-11+,19-12-. The Morgan fingerprint density at radius 2 is 2.00 bits per heavy atom. The topological polar surface area (TPSA) is 29.4 Å². The quantitative estimate of drug-likeness (QED) is 0.232. The number of carbonyl (C=O) groups excluding carboxylic acids is 1. The van der Waals surface area contributed by atoms with Gasteiger partial charge in [-0.1, -0.05) is 49.7 Å². The molecule has 0 amide bonds. The maximum Gasteiger partial charge on any atom is 0.161 e. The van der Waals surface area contributed by atoms with Crippen LogP contribution in [0.1, 0.15) is 53.4 Å². The molecule has 2 nitrogen and oxygen atoms in total. The zero-order valence-electron chi connectivity index (χ0n) is 13.1. The van der Waals surface area contributed by atoms with Crippen LogP contribution in [-0.2, 0) is 4.79 Å². The molecule has 0 aromatic heterocycles. The van der Waals surface area contributed by atoms with E-state index in [1.807, 2.05) is 18.4 Å². The van der Waals surface area contributed by atoms with Gasteiger partial charge in [0.2, 0.25) is 0 Å². The Labute approximate surface area is 131 Å². The number of nitrogens with zero attached hydrogens (tertiary/aromatic N) is 1. The number of hydrogen-bond donors (Lipinski definition) is 0. The minimum Gasteiger partial charge on any atom is -0.294 e. The summed E-state index contributed by atoms with van der Waals surface area (Å²) in [6.07, 6.45) is 9.93. The molecule has 0 bridgehead atoms. The maximum atomic E-state index is 11.5. The third kappa shape index (κ3) is 7.59. The van der Waals surface area contributed by atoms with Crippen molar-refractivity contribution < 1.29 is 4.79 Å². The minimum absolute atomic E-state index is 0.0445. The molecule has 0 N–H and O–H groups in total. The summed E-state index contributed by atoms with van der Waals surface area (Å²) in [6.45, 7) is 11.8. The summed E-state index contributed by atoms with van der Waals surface area (Å²) in [6, 6.07) is 0. The Kier molecular flexibility index (Phi) is 10.3. The number of rotatable bonds is 9. The first-order chi connectivity index (χ1) is 9.43. The fourth-order valence-electron chi connectivity index (χ4n) is 1.38. The first-order valence-corrected chi connectivity index (χ1v) is 8.03. The molecule has 3 heteroatoms. The van der Waals surface area contributed by atoms with Crippen molar-refractivity contribution in [2.45, 2.75) is 53.4 Å². The number of ketones is 1. The second kappa shape index (κ2) is 10.8. The van der Waals surface area contributed by atoms with Crippen molar-refractivity contribution in [3.05, 3.63) is 34.5 Å². The van der Waals surface area contributed by atoms with Crippen molar-refractivity contribution >= 4 is 27.9 Å². The first kappa shape index (κ1) is 19.0. The van der Waals surface area contributed by atoms with Gasteiger partial charge in [0, 0.05) is 11.8 Å². The third-order valence-electron chi connectivity index (χ3n) is 3.13. The van der Waals surface area contributed by atoms with Crippen molar-refractivity contribution in [3.63, 3.8) is 0 Å². The van der Waals surface area contributed by atoms with Gasteiger partial charge < -0.3 is 0 Å². The van der Waals surface area contributed by atoms with E-state index in [1.54, 1.807) is 0 Å². The summed E-state index contributed by atoms with van der Waals surface area (Å²) in [7, 11) is 0. The van der Waals surface area contributed by atoms with E-state index in [0.717, 1.165) is 30.2 Å². The van der Waals surface area contributed by atoms with E-state index in [-0.39, 0.29) is 5.78 Å². The van der Waals surface area contributed by atoms with Crippen molar-refractivity contribution in [2.75, 3.05) is 0 Å². The van der Waals surface area contributed by atoms with Gasteiger partial charge in [-0.05, 0) is 48.7 Å². The number of halogens is 1. The molecule has 0 aromatic rings. The normalized spacial score (nSPS) is 14.7. The van der Waals surface area contributed by atoms with Crippen LogP contribution in [0.25, 0.3) is 0 Å². The molecule has 0 aliphatic heterocycles. The van der Waals surface area contributed by atoms with Crippen LogP contribution in [0, 0.1) is 5.92 Å². The molecular formula is C17H26BrNO. The Hall–Kier alpha value is -0.960. The van der Waals surface area contributed by atoms with E-state index in [9.17, 15) is 4.79 Å². The molecule has 20 heavy (non-hydrogen) atoms. The number of aliphatic imine (C=N–C) groups is 1. The van der Waals surface area contributed by atoms with Crippen LogP contribution in [0.2, 0.25) is 0 Å². The SMILES string of the molecule is C=C(C(C)=O)C(=C\C=C(\Br)C(C)CC)/N=C\CCCC. The van der Waals surface area contributed by atoms with Gasteiger partial charge in [0.15, 0.2) is 5.78 Å². The molecule has 0 aliphatic carbocycles. The number of unbranched alkanes of at least 4 members (excludes halogenated alkanes) is 2. The van der Waals surface area contributed by atoms with Crippen molar-refractivity contribution in [1.29, 1.82) is 0 Å². The van der Waals surface area contributed by atoms with Gasteiger partial charge in [0.25, 0.3) is 0 Å². The summed E-state index contributed by atoms with van der Waals surface area (Å²) in [5.41, 5.74) is 1.10. The molecule has 0 fully saturated rings. The summed E-state index contributed by atoms with van der Waals surface area (Å²) in [5, 5.41) is 0. The van der Waals surface area contributed by atoms with Crippen LogP contribution in [0.15, 0.2) is 39.5 Å². The van der Waals surface area contributed by atoms with Gasteiger partial charge in [-0.3, -0.25) is 9.79 Å².